The molecular weight excluding hydrogens is 252 g/mol. The molecule has 1 aromatic carbocycles. The monoisotopic (exact) mass is 270 g/mol. The summed E-state index contributed by atoms with van der Waals surface area (Å²) in [6.45, 7) is 4.54. The first-order valence-electron chi connectivity index (χ1n) is 6.61. The van der Waals surface area contributed by atoms with Gasteiger partial charge in [-0.1, -0.05) is 0 Å². The van der Waals surface area contributed by atoms with Crippen LogP contribution in [0.1, 0.15) is 35.9 Å². The van der Waals surface area contributed by atoms with Gasteiger partial charge < -0.3 is 10.6 Å². The maximum absolute atomic E-state index is 11.6. The van der Waals surface area contributed by atoms with E-state index in [1.165, 1.54) is 0 Å². The van der Waals surface area contributed by atoms with E-state index in [1.54, 1.807) is 30.7 Å². The van der Waals surface area contributed by atoms with Gasteiger partial charge in [0, 0.05) is 30.2 Å². The van der Waals surface area contributed by atoms with Gasteiger partial charge >= 0.3 is 0 Å². The zero-order valence-corrected chi connectivity index (χ0v) is 11.6. The first kappa shape index (κ1) is 14.0. The third-order valence-electron chi connectivity index (χ3n) is 2.89. The van der Waals surface area contributed by atoms with Crippen LogP contribution in [-0.2, 0) is 0 Å². The number of hydrogen-bond donors (Lipinski definition) is 2. The summed E-state index contributed by atoms with van der Waals surface area (Å²) in [5.41, 5.74) is 2.47. The van der Waals surface area contributed by atoms with Crippen LogP contribution in [-0.4, -0.2) is 22.4 Å². The van der Waals surface area contributed by atoms with E-state index in [2.05, 4.69) is 20.6 Å². The first-order chi connectivity index (χ1) is 9.70. The highest BCUT2D eigenvalue weighted by molar-refractivity contribution is 5.94. The van der Waals surface area contributed by atoms with Gasteiger partial charge in [-0.25, -0.2) is 0 Å². The van der Waals surface area contributed by atoms with E-state index in [1.807, 2.05) is 26.0 Å². The number of anilines is 1. The number of rotatable bonds is 5. The molecule has 0 fully saturated rings. The van der Waals surface area contributed by atoms with Crippen LogP contribution in [0.5, 0.6) is 0 Å². The van der Waals surface area contributed by atoms with Gasteiger partial charge in [0.1, 0.15) is 0 Å². The van der Waals surface area contributed by atoms with E-state index in [0.29, 0.717) is 12.1 Å². The van der Waals surface area contributed by atoms with Crippen LogP contribution < -0.4 is 10.6 Å². The van der Waals surface area contributed by atoms with Crippen LogP contribution in [0, 0.1) is 0 Å². The smallest absolute Gasteiger partial charge is 0.251 e. The van der Waals surface area contributed by atoms with E-state index in [-0.39, 0.29) is 11.9 Å². The predicted molar refractivity (Wildman–Crippen MR) is 78.5 cm³/mol. The fourth-order valence-corrected chi connectivity index (χ4v) is 1.84. The standard InChI is InChI=1S/C15H18N4O/c1-3-17-15(20)12-4-6-13(7-5-12)19-11(2)14-10-16-8-9-18-14/h4-11,19H,3H2,1-2H3,(H,17,20). The fourth-order valence-electron chi connectivity index (χ4n) is 1.84. The molecule has 2 N–H and O–H groups in total. The van der Waals surface area contributed by atoms with Gasteiger partial charge in [0.15, 0.2) is 0 Å². The van der Waals surface area contributed by atoms with Crippen molar-refractivity contribution in [3.8, 4) is 0 Å². The van der Waals surface area contributed by atoms with Crippen molar-refractivity contribution in [1.82, 2.24) is 15.3 Å². The molecule has 1 aromatic heterocycles. The van der Waals surface area contributed by atoms with Crippen LogP contribution in [0.15, 0.2) is 42.9 Å². The van der Waals surface area contributed by atoms with Crippen LogP contribution in [0.2, 0.25) is 0 Å². The predicted octanol–water partition coefficient (Wildman–Crippen LogP) is 2.40. The number of amides is 1. The van der Waals surface area contributed by atoms with Crippen molar-refractivity contribution < 1.29 is 4.79 Å². The normalized spacial score (nSPS) is 11.7. The topological polar surface area (TPSA) is 66.9 Å². The summed E-state index contributed by atoms with van der Waals surface area (Å²) in [6, 6.07) is 7.43. The number of hydrogen-bond acceptors (Lipinski definition) is 4. The van der Waals surface area contributed by atoms with Crippen molar-refractivity contribution >= 4 is 11.6 Å². The Morgan fingerprint density at radius 1 is 1.25 bits per heavy atom. The molecule has 0 bridgehead atoms. The maximum Gasteiger partial charge on any atom is 0.251 e. The first-order valence-corrected chi connectivity index (χ1v) is 6.61. The highest BCUT2D eigenvalue weighted by Gasteiger charge is 2.07. The fraction of sp³-hybridized carbons (Fsp3) is 0.267. The van der Waals surface area contributed by atoms with Crippen molar-refractivity contribution in [2.75, 3.05) is 11.9 Å². The summed E-state index contributed by atoms with van der Waals surface area (Å²) in [7, 11) is 0. The molecule has 0 aliphatic carbocycles. The van der Waals surface area contributed by atoms with Crippen molar-refractivity contribution in [3.63, 3.8) is 0 Å². The third kappa shape index (κ3) is 3.54. The van der Waals surface area contributed by atoms with E-state index >= 15 is 0 Å². The second kappa shape index (κ2) is 6.65. The second-order valence-corrected chi connectivity index (χ2v) is 4.43. The van der Waals surface area contributed by atoms with Gasteiger partial charge in [-0.05, 0) is 38.1 Å². The molecule has 1 heterocycles. The van der Waals surface area contributed by atoms with Crippen LogP contribution in [0.4, 0.5) is 5.69 Å². The molecule has 0 saturated heterocycles. The van der Waals surface area contributed by atoms with E-state index in [9.17, 15) is 4.79 Å². The Hall–Kier alpha value is -2.43. The molecule has 0 spiro atoms. The molecule has 0 radical (unpaired) electrons. The molecule has 104 valence electrons. The summed E-state index contributed by atoms with van der Waals surface area (Å²) in [4.78, 5) is 20.0. The molecule has 20 heavy (non-hydrogen) atoms. The second-order valence-electron chi connectivity index (χ2n) is 4.43. The lowest BCUT2D eigenvalue weighted by molar-refractivity contribution is 0.0956. The van der Waals surface area contributed by atoms with E-state index in [4.69, 9.17) is 0 Å². The highest BCUT2D eigenvalue weighted by atomic mass is 16.1. The average Bonchev–Trinajstić information content (AvgIpc) is 2.49. The lowest BCUT2D eigenvalue weighted by atomic mass is 10.1. The molecule has 2 rings (SSSR count). The minimum absolute atomic E-state index is 0.0546. The number of carbonyl (C=O) groups is 1. The minimum Gasteiger partial charge on any atom is -0.377 e. The van der Waals surface area contributed by atoms with Gasteiger partial charge in [-0.15, -0.1) is 0 Å². The highest BCUT2D eigenvalue weighted by Crippen LogP contribution is 2.17. The Bertz CT molecular complexity index is 554. The van der Waals surface area contributed by atoms with Gasteiger partial charge in [0.25, 0.3) is 5.91 Å². The molecule has 2 aromatic rings. The minimum atomic E-state index is -0.0546. The number of carbonyl (C=O) groups excluding carboxylic acids is 1. The van der Waals surface area contributed by atoms with Gasteiger partial charge in [0.2, 0.25) is 0 Å². The summed E-state index contributed by atoms with van der Waals surface area (Å²) in [5, 5.41) is 6.09. The zero-order chi connectivity index (χ0) is 14.4. The quantitative estimate of drug-likeness (QED) is 0.875. The molecular formula is C15H18N4O. The largest absolute Gasteiger partial charge is 0.377 e. The van der Waals surface area contributed by atoms with E-state index in [0.717, 1.165) is 11.4 Å². The van der Waals surface area contributed by atoms with Crippen LogP contribution in [0.3, 0.4) is 0 Å². The molecule has 1 atom stereocenters. The molecule has 5 nitrogen and oxygen atoms in total. The Kier molecular flexibility index (Phi) is 4.65. The van der Waals surface area contributed by atoms with Crippen molar-refractivity contribution in [3.05, 3.63) is 54.1 Å². The number of nitrogens with one attached hydrogen (secondary N) is 2. The lowest BCUT2D eigenvalue weighted by Gasteiger charge is -2.14. The maximum atomic E-state index is 11.6. The van der Waals surface area contributed by atoms with Gasteiger partial charge in [0.05, 0.1) is 17.9 Å². The van der Waals surface area contributed by atoms with Gasteiger partial charge in [-0.3, -0.25) is 14.8 Å². The molecule has 0 aliphatic heterocycles. The summed E-state index contributed by atoms with van der Waals surface area (Å²) in [5.74, 6) is -0.0546. The summed E-state index contributed by atoms with van der Waals surface area (Å²) in [6.07, 6.45) is 5.06. The molecule has 1 amide bonds. The van der Waals surface area contributed by atoms with Gasteiger partial charge in [-0.2, -0.15) is 0 Å². The van der Waals surface area contributed by atoms with Crippen molar-refractivity contribution in [2.45, 2.75) is 19.9 Å². The Morgan fingerprint density at radius 2 is 2.00 bits per heavy atom. The Morgan fingerprint density at radius 3 is 2.60 bits per heavy atom. The number of benzene rings is 1. The Balaban J connectivity index is 2.02. The van der Waals surface area contributed by atoms with Crippen molar-refractivity contribution in [1.29, 1.82) is 0 Å². The summed E-state index contributed by atoms with van der Waals surface area (Å²) >= 11 is 0. The average molecular weight is 270 g/mol. The molecule has 5 heteroatoms. The zero-order valence-electron chi connectivity index (χ0n) is 11.6. The third-order valence-corrected chi connectivity index (χ3v) is 2.89. The van der Waals surface area contributed by atoms with E-state index < -0.39 is 0 Å². The molecule has 1 unspecified atom stereocenters. The number of aromatic nitrogens is 2. The van der Waals surface area contributed by atoms with Crippen molar-refractivity contribution in [2.24, 2.45) is 0 Å². The SMILES string of the molecule is CCNC(=O)c1ccc(NC(C)c2cnccn2)cc1. The molecule has 0 aliphatic rings. The Labute approximate surface area is 118 Å². The summed E-state index contributed by atoms with van der Waals surface area (Å²) < 4.78 is 0. The molecule has 0 saturated carbocycles. The number of nitrogens with zero attached hydrogens (tertiary/aromatic N) is 2. The van der Waals surface area contributed by atoms with Crippen LogP contribution in [0.25, 0.3) is 0 Å². The van der Waals surface area contributed by atoms with Crippen LogP contribution >= 0.6 is 0 Å². The lowest BCUT2D eigenvalue weighted by Crippen LogP contribution is -2.22.